The first kappa shape index (κ1) is 13.1. The molecule has 0 spiro atoms. The van der Waals surface area contributed by atoms with Crippen molar-refractivity contribution in [3.8, 4) is 5.75 Å². The zero-order chi connectivity index (χ0) is 13.8. The van der Waals surface area contributed by atoms with Crippen LogP contribution in [0.4, 0.5) is 0 Å². The normalized spacial score (nSPS) is 10.4. The van der Waals surface area contributed by atoms with E-state index in [1.54, 1.807) is 0 Å². The van der Waals surface area contributed by atoms with Gasteiger partial charge in [0.1, 0.15) is 11.3 Å². The second kappa shape index (κ2) is 5.52. The third-order valence-electron chi connectivity index (χ3n) is 3.08. The van der Waals surface area contributed by atoms with Gasteiger partial charge in [-0.05, 0) is 37.0 Å². The van der Waals surface area contributed by atoms with Crippen LogP contribution in [0.2, 0.25) is 0 Å². The second-order valence-corrected chi connectivity index (χ2v) is 4.42. The Labute approximate surface area is 111 Å². The number of aromatic nitrogens is 1. The topological polar surface area (TPSA) is 70.4 Å². The molecule has 0 saturated heterocycles. The molecule has 0 fully saturated rings. The number of rotatable bonds is 4. The van der Waals surface area contributed by atoms with Crippen LogP contribution in [0.3, 0.4) is 0 Å². The minimum Gasteiger partial charge on any atom is -0.505 e. The lowest BCUT2D eigenvalue weighted by Crippen LogP contribution is -2.02. The third kappa shape index (κ3) is 3.10. The summed E-state index contributed by atoms with van der Waals surface area (Å²) in [6.45, 7) is 2.04. The Morgan fingerprint density at radius 2 is 2.00 bits per heavy atom. The molecule has 0 aliphatic heterocycles. The van der Waals surface area contributed by atoms with Crippen molar-refractivity contribution in [2.45, 2.75) is 19.8 Å². The van der Waals surface area contributed by atoms with Crippen LogP contribution in [-0.2, 0) is 12.8 Å². The van der Waals surface area contributed by atoms with E-state index in [-0.39, 0.29) is 11.3 Å². The molecule has 0 aliphatic carbocycles. The molecule has 2 rings (SSSR count). The van der Waals surface area contributed by atoms with Crippen molar-refractivity contribution in [2.24, 2.45) is 0 Å². The predicted octanol–water partition coefficient (Wildman–Crippen LogP) is 2.58. The quantitative estimate of drug-likeness (QED) is 0.883. The number of carboxylic acids is 1. The summed E-state index contributed by atoms with van der Waals surface area (Å²) >= 11 is 0. The highest BCUT2D eigenvalue weighted by Gasteiger charge is 2.11. The van der Waals surface area contributed by atoms with Crippen LogP contribution in [0.5, 0.6) is 5.75 Å². The van der Waals surface area contributed by atoms with Gasteiger partial charge in [0.25, 0.3) is 0 Å². The number of nitrogens with zero attached hydrogens (tertiary/aromatic N) is 1. The number of aromatic hydroxyl groups is 1. The molecule has 4 heteroatoms. The van der Waals surface area contributed by atoms with E-state index in [0.29, 0.717) is 12.1 Å². The number of carboxylic acid groups (broad SMARTS) is 1. The maximum absolute atomic E-state index is 10.9. The lowest BCUT2D eigenvalue weighted by Gasteiger charge is -2.06. The molecule has 2 N–H and O–H groups in total. The molecule has 98 valence electrons. The lowest BCUT2D eigenvalue weighted by atomic mass is 10.0. The monoisotopic (exact) mass is 257 g/mol. The summed E-state index contributed by atoms with van der Waals surface area (Å²) < 4.78 is 0. The standard InChI is InChI=1S/C15H15NO3/c1-10-4-2-3-5-11(10)6-7-12-8-13(15(18)19)14(17)9-16-12/h2-5,8-9,17H,6-7H2,1H3,(H,18,19). The van der Waals surface area contributed by atoms with E-state index < -0.39 is 5.97 Å². The zero-order valence-corrected chi connectivity index (χ0v) is 10.6. The Morgan fingerprint density at radius 3 is 2.68 bits per heavy atom. The average Bonchev–Trinajstić information content (AvgIpc) is 2.39. The first-order chi connectivity index (χ1) is 9.08. The van der Waals surface area contributed by atoms with Crippen LogP contribution >= 0.6 is 0 Å². The van der Waals surface area contributed by atoms with Crippen molar-refractivity contribution in [3.63, 3.8) is 0 Å². The number of benzene rings is 1. The Balaban J connectivity index is 2.14. The summed E-state index contributed by atoms with van der Waals surface area (Å²) in [5.74, 6) is -1.44. The third-order valence-corrected chi connectivity index (χ3v) is 3.08. The minimum absolute atomic E-state index is 0.102. The molecule has 0 amide bonds. The van der Waals surface area contributed by atoms with Crippen molar-refractivity contribution >= 4 is 5.97 Å². The van der Waals surface area contributed by atoms with Crippen LogP contribution in [0.15, 0.2) is 36.5 Å². The van der Waals surface area contributed by atoms with Gasteiger partial charge in [-0.15, -0.1) is 0 Å². The van der Waals surface area contributed by atoms with Gasteiger partial charge in [0.05, 0.1) is 6.20 Å². The Kier molecular flexibility index (Phi) is 3.80. The van der Waals surface area contributed by atoms with Gasteiger partial charge in [-0.2, -0.15) is 0 Å². The highest BCUT2D eigenvalue weighted by Crippen LogP contribution is 2.17. The maximum Gasteiger partial charge on any atom is 0.339 e. The molecule has 1 aromatic heterocycles. The van der Waals surface area contributed by atoms with Gasteiger partial charge < -0.3 is 10.2 Å². The van der Waals surface area contributed by atoms with Crippen molar-refractivity contribution in [1.82, 2.24) is 4.98 Å². The van der Waals surface area contributed by atoms with E-state index in [2.05, 4.69) is 4.98 Å². The summed E-state index contributed by atoms with van der Waals surface area (Å²) in [4.78, 5) is 15.0. The predicted molar refractivity (Wildman–Crippen MR) is 71.4 cm³/mol. The van der Waals surface area contributed by atoms with Crippen molar-refractivity contribution in [1.29, 1.82) is 0 Å². The smallest absolute Gasteiger partial charge is 0.339 e. The van der Waals surface area contributed by atoms with Gasteiger partial charge >= 0.3 is 5.97 Å². The Morgan fingerprint density at radius 1 is 1.26 bits per heavy atom. The first-order valence-electron chi connectivity index (χ1n) is 6.03. The number of carbonyl (C=O) groups is 1. The summed E-state index contributed by atoms with van der Waals surface area (Å²) in [5.41, 5.74) is 2.99. The summed E-state index contributed by atoms with van der Waals surface area (Å²) in [5, 5.41) is 18.3. The van der Waals surface area contributed by atoms with Crippen molar-refractivity contribution in [2.75, 3.05) is 0 Å². The van der Waals surface area contributed by atoms with E-state index in [4.69, 9.17) is 5.11 Å². The highest BCUT2D eigenvalue weighted by atomic mass is 16.4. The lowest BCUT2D eigenvalue weighted by molar-refractivity contribution is 0.0693. The molecule has 0 bridgehead atoms. The Bertz CT molecular complexity index is 608. The number of pyridine rings is 1. The summed E-state index contributed by atoms with van der Waals surface area (Å²) in [6, 6.07) is 9.49. The van der Waals surface area contributed by atoms with Crippen LogP contribution in [0.25, 0.3) is 0 Å². The van der Waals surface area contributed by atoms with E-state index in [1.807, 2.05) is 31.2 Å². The van der Waals surface area contributed by atoms with E-state index in [1.165, 1.54) is 23.4 Å². The van der Waals surface area contributed by atoms with E-state index in [9.17, 15) is 9.90 Å². The number of aromatic carboxylic acids is 1. The van der Waals surface area contributed by atoms with Gasteiger partial charge in [-0.1, -0.05) is 24.3 Å². The molecular weight excluding hydrogens is 242 g/mol. The van der Waals surface area contributed by atoms with Crippen LogP contribution in [-0.4, -0.2) is 21.2 Å². The average molecular weight is 257 g/mol. The van der Waals surface area contributed by atoms with Gasteiger partial charge in [0, 0.05) is 5.69 Å². The van der Waals surface area contributed by atoms with Gasteiger partial charge in [-0.3, -0.25) is 4.98 Å². The molecular formula is C15H15NO3. The zero-order valence-electron chi connectivity index (χ0n) is 10.6. The molecule has 0 atom stereocenters. The molecule has 0 radical (unpaired) electrons. The highest BCUT2D eigenvalue weighted by molar-refractivity contribution is 5.90. The molecule has 1 heterocycles. The van der Waals surface area contributed by atoms with Gasteiger partial charge in [0.2, 0.25) is 0 Å². The molecule has 4 nitrogen and oxygen atoms in total. The SMILES string of the molecule is Cc1ccccc1CCc1cc(C(=O)O)c(O)cn1. The minimum atomic E-state index is -1.14. The number of hydrogen-bond acceptors (Lipinski definition) is 3. The first-order valence-corrected chi connectivity index (χ1v) is 6.03. The molecule has 0 saturated carbocycles. The largest absolute Gasteiger partial charge is 0.505 e. The Hall–Kier alpha value is -2.36. The summed E-state index contributed by atoms with van der Waals surface area (Å²) in [7, 11) is 0. The van der Waals surface area contributed by atoms with Crippen LogP contribution in [0.1, 0.15) is 27.2 Å². The van der Waals surface area contributed by atoms with E-state index >= 15 is 0 Å². The fourth-order valence-electron chi connectivity index (χ4n) is 1.95. The fourth-order valence-corrected chi connectivity index (χ4v) is 1.95. The molecule has 2 aromatic rings. The van der Waals surface area contributed by atoms with Crippen molar-refractivity contribution in [3.05, 3.63) is 58.9 Å². The molecule has 1 aromatic carbocycles. The number of hydrogen-bond donors (Lipinski definition) is 2. The molecule has 0 aliphatic rings. The van der Waals surface area contributed by atoms with Gasteiger partial charge in [0.15, 0.2) is 0 Å². The maximum atomic E-state index is 10.9. The number of aryl methyl sites for hydroxylation is 3. The van der Waals surface area contributed by atoms with Gasteiger partial charge in [-0.25, -0.2) is 4.79 Å². The fraction of sp³-hybridized carbons (Fsp3) is 0.200. The van der Waals surface area contributed by atoms with E-state index in [0.717, 1.165) is 6.42 Å². The van der Waals surface area contributed by atoms with Crippen LogP contribution in [0, 0.1) is 6.92 Å². The van der Waals surface area contributed by atoms with Crippen molar-refractivity contribution < 1.29 is 15.0 Å². The second-order valence-electron chi connectivity index (χ2n) is 4.42. The van der Waals surface area contributed by atoms with Crippen LogP contribution < -0.4 is 0 Å². The summed E-state index contributed by atoms with van der Waals surface area (Å²) in [6.07, 6.45) is 2.63. The molecule has 19 heavy (non-hydrogen) atoms. The molecule has 0 unspecified atom stereocenters.